The van der Waals surface area contributed by atoms with Gasteiger partial charge in [0.15, 0.2) is 18.7 Å². The topological polar surface area (TPSA) is 68.5 Å². The summed E-state index contributed by atoms with van der Waals surface area (Å²) in [7, 11) is 1.32. The molecule has 0 spiro atoms. The highest BCUT2D eigenvalue weighted by Crippen LogP contribution is 2.19. The predicted molar refractivity (Wildman–Crippen MR) is 81.3 cm³/mol. The van der Waals surface area contributed by atoms with E-state index in [-0.39, 0.29) is 17.3 Å². The Bertz CT molecular complexity index is 648. The summed E-state index contributed by atoms with van der Waals surface area (Å²) in [5, 5.41) is 7.08. The monoisotopic (exact) mass is 307 g/mol. The molecule has 0 saturated heterocycles. The number of aryl methyl sites for hydroxylation is 2. The second-order valence-corrected chi connectivity index (χ2v) is 5.02. The zero-order valence-electron chi connectivity index (χ0n) is 12.9. The van der Waals surface area contributed by atoms with Crippen LogP contribution in [-0.4, -0.2) is 34.7 Å². The summed E-state index contributed by atoms with van der Waals surface area (Å²) < 4.78 is 24.0. The second kappa shape index (κ2) is 7.06. The van der Waals surface area contributed by atoms with Gasteiger partial charge in [0.2, 0.25) is 0 Å². The minimum atomic E-state index is -0.531. The lowest BCUT2D eigenvalue weighted by Crippen LogP contribution is -2.05. The van der Waals surface area contributed by atoms with Crippen LogP contribution in [0.5, 0.6) is 5.75 Å². The first kappa shape index (κ1) is 16.0. The maximum Gasteiger partial charge on any atom is 0.517 e. The Morgan fingerprint density at radius 3 is 2.73 bits per heavy atom. The highest BCUT2D eigenvalue weighted by atomic mass is 19.1. The van der Waals surface area contributed by atoms with E-state index < -0.39 is 5.82 Å². The number of aromatic amines is 1. The molecule has 22 heavy (non-hydrogen) atoms. The largest absolute Gasteiger partial charge is 0.517 e. The number of nitrogens with one attached hydrogen (secondary N) is 1. The maximum absolute atomic E-state index is 13.9. The van der Waals surface area contributed by atoms with Crippen molar-refractivity contribution in [1.82, 2.24) is 10.2 Å². The molecular weight excluding hydrogens is 287 g/mol. The molecule has 1 aromatic heterocycles. The Morgan fingerprint density at radius 1 is 1.36 bits per heavy atom. The van der Waals surface area contributed by atoms with Crippen molar-refractivity contribution < 1.29 is 18.7 Å². The third-order valence-electron chi connectivity index (χ3n) is 3.48. The summed E-state index contributed by atoms with van der Waals surface area (Å²) in [6, 6.07) is 4.20. The maximum atomic E-state index is 13.9. The van der Waals surface area contributed by atoms with Gasteiger partial charge in [0.05, 0.1) is 12.3 Å². The van der Waals surface area contributed by atoms with Crippen LogP contribution in [0.4, 0.5) is 4.39 Å². The van der Waals surface area contributed by atoms with Gasteiger partial charge in [0, 0.05) is 5.69 Å². The summed E-state index contributed by atoms with van der Waals surface area (Å²) in [6.07, 6.45) is 1.59. The second-order valence-electron chi connectivity index (χ2n) is 5.02. The molecule has 6 heteroatoms. The van der Waals surface area contributed by atoms with E-state index >= 15 is 0 Å². The molecule has 118 valence electrons. The van der Waals surface area contributed by atoms with Crippen LogP contribution in [0.15, 0.2) is 18.2 Å². The first-order valence-electron chi connectivity index (χ1n) is 7.06. The molecule has 2 N–H and O–H groups in total. The molecule has 0 atom stereocenters. The van der Waals surface area contributed by atoms with E-state index in [1.807, 2.05) is 13.8 Å². The van der Waals surface area contributed by atoms with Gasteiger partial charge in [-0.3, -0.25) is 5.10 Å². The van der Waals surface area contributed by atoms with Gasteiger partial charge in [-0.2, -0.15) is 5.10 Å². The average molecular weight is 307 g/mol. The van der Waals surface area contributed by atoms with E-state index in [2.05, 4.69) is 14.9 Å². The van der Waals surface area contributed by atoms with Crippen LogP contribution in [0.25, 0.3) is 0 Å². The molecular formula is C16H20FN2O3+. The van der Waals surface area contributed by atoms with Crippen molar-refractivity contribution in [3.63, 3.8) is 0 Å². The average Bonchev–Trinajstić information content (AvgIpc) is 2.83. The summed E-state index contributed by atoms with van der Waals surface area (Å²) in [5.41, 5.74) is 3.49. The Labute approximate surface area is 128 Å². The third-order valence-corrected chi connectivity index (χ3v) is 3.48. The SMILES string of the molecule is COC(=[OH+])c1ccc(OCCCc2c(C)n[nH]c2C)c(F)c1. The van der Waals surface area contributed by atoms with Crippen LogP contribution in [0.2, 0.25) is 0 Å². The van der Waals surface area contributed by atoms with E-state index in [1.165, 1.54) is 24.8 Å². The molecule has 0 aliphatic heterocycles. The number of aromatic nitrogens is 2. The number of H-pyrrole nitrogens is 1. The number of nitrogens with zero attached hydrogens (tertiary/aromatic N) is 1. The number of hydrogen-bond acceptors (Lipinski definition) is 3. The minimum absolute atomic E-state index is 0.160. The van der Waals surface area contributed by atoms with Gasteiger partial charge in [-0.1, -0.05) is 0 Å². The van der Waals surface area contributed by atoms with Crippen LogP contribution in [-0.2, 0) is 11.2 Å². The molecule has 0 amide bonds. The van der Waals surface area contributed by atoms with Gasteiger partial charge in [-0.25, -0.2) is 4.39 Å². The van der Waals surface area contributed by atoms with E-state index in [1.54, 1.807) is 6.07 Å². The summed E-state index contributed by atoms with van der Waals surface area (Å²) in [6.45, 7) is 4.34. The van der Waals surface area contributed by atoms with Crippen molar-refractivity contribution >= 4 is 5.97 Å². The Morgan fingerprint density at radius 2 is 2.14 bits per heavy atom. The van der Waals surface area contributed by atoms with Gasteiger partial charge < -0.3 is 14.3 Å². The highest BCUT2D eigenvalue weighted by molar-refractivity contribution is 5.90. The summed E-state index contributed by atoms with van der Waals surface area (Å²) in [4.78, 5) is 9.39. The van der Waals surface area contributed by atoms with Crippen LogP contribution < -0.4 is 4.74 Å². The molecule has 0 unspecified atom stereocenters. The lowest BCUT2D eigenvalue weighted by Gasteiger charge is -2.07. The number of ether oxygens (including phenoxy) is 2. The quantitative estimate of drug-likeness (QED) is 0.507. The summed E-state index contributed by atoms with van der Waals surface area (Å²) >= 11 is 0. The molecule has 0 aliphatic rings. The molecule has 0 saturated carbocycles. The number of carbonyl (C=O) groups excluding carboxylic acids is 1. The zero-order chi connectivity index (χ0) is 16.1. The summed E-state index contributed by atoms with van der Waals surface area (Å²) in [5.74, 6) is -0.693. The van der Waals surface area contributed by atoms with E-state index in [0.717, 1.165) is 24.2 Å². The molecule has 0 radical (unpaired) electrons. The van der Waals surface area contributed by atoms with E-state index in [9.17, 15) is 9.18 Å². The Hall–Kier alpha value is -2.37. The van der Waals surface area contributed by atoms with Crippen molar-refractivity contribution in [1.29, 1.82) is 0 Å². The third kappa shape index (κ3) is 3.63. The Kier molecular flexibility index (Phi) is 5.14. The van der Waals surface area contributed by atoms with Gasteiger partial charge >= 0.3 is 5.97 Å². The fraction of sp³-hybridized carbons (Fsp3) is 0.375. The Balaban J connectivity index is 1.88. The van der Waals surface area contributed by atoms with Crippen LogP contribution in [0.1, 0.15) is 28.9 Å². The normalized spacial score (nSPS) is 10.5. The molecule has 0 fully saturated rings. The van der Waals surface area contributed by atoms with E-state index in [0.29, 0.717) is 6.61 Å². The van der Waals surface area contributed by atoms with Crippen molar-refractivity contribution in [3.8, 4) is 5.75 Å². The van der Waals surface area contributed by atoms with Crippen molar-refractivity contribution in [3.05, 3.63) is 46.5 Å². The lowest BCUT2D eigenvalue weighted by molar-refractivity contribution is 0.295. The van der Waals surface area contributed by atoms with Gasteiger partial charge in [0.1, 0.15) is 5.56 Å². The number of esters is 1. The molecule has 2 rings (SSSR count). The van der Waals surface area contributed by atoms with Crippen molar-refractivity contribution in [2.45, 2.75) is 26.7 Å². The van der Waals surface area contributed by atoms with Crippen molar-refractivity contribution in [2.24, 2.45) is 0 Å². The van der Waals surface area contributed by atoms with Crippen LogP contribution in [0, 0.1) is 19.7 Å². The van der Waals surface area contributed by atoms with Crippen molar-refractivity contribution in [2.75, 3.05) is 13.7 Å². The first-order valence-corrected chi connectivity index (χ1v) is 7.06. The predicted octanol–water partition coefficient (Wildman–Crippen LogP) is 2.67. The molecule has 1 aromatic carbocycles. The van der Waals surface area contributed by atoms with Gasteiger partial charge in [-0.15, -0.1) is 0 Å². The van der Waals surface area contributed by atoms with Crippen LogP contribution >= 0.6 is 0 Å². The lowest BCUT2D eigenvalue weighted by atomic mass is 10.1. The molecule has 1 heterocycles. The molecule has 0 aliphatic carbocycles. The fourth-order valence-corrected chi connectivity index (χ4v) is 2.24. The standard InChI is InChI=1S/C16H19FN2O3/c1-10-13(11(2)19-18-10)5-4-8-22-15-7-6-12(9-14(15)17)16(20)21-3/h6-7,9H,4-5,8H2,1-3H3,(H,18,19)/p+1. The fourth-order valence-electron chi connectivity index (χ4n) is 2.24. The van der Waals surface area contributed by atoms with Gasteiger partial charge in [-0.05, 0) is 50.5 Å². The number of benzene rings is 1. The number of methoxy groups -OCH3 is 1. The number of hydrogen-bond donors (Lipinski definition) is 1. The molecule has 2 aromatic rings. The smallest absolute Gasteiger partial charge is 0.491 e. The van der Waals surface area contributed by atoms with Gasteiger partial charge in [0.25, 0.3) is 0 Å². The van der Waals surface area contributed by atoms with Crippen LogP contribution in [0.3, 0.4) is 0 Å². The molecule has 5 nitrogen and oxygen atoms in total. The number of halogens is 1. The molecule has 0 bridgehead atoms. The highest BCUT2D eigenvalue weighted by Gasteiger charge is 2.16. The minimum Gasteiger partial charge on any atom is -0.491 e. The number of rotatable bonds is 6. The van der Waals surface area contributed by atoms with E-state index in [4.69, 9.17) is 4.74 Å². The zero-order valence-corrected chi connectivity index (χ0v) is 12.9. The first-order chi connectivity index (χ1) is 10.5.